The van der Waals surface area contributed by atoms with Gasteiger partial charge >= 0.3 is 14.8 Å². The van der Waals surface area contributed by atoms with Gasteiger partial charge in [0.05, 0.1) is 0 Å². The lowest BCUT2D eigenvalue weighted by molar-refractivity contribution is 0.501. The van der Waals surface area contributed by atoms with Crippen molar-refractivity contribution in [2.24, 2.45) is 0 Å². The first-order valence-corrected chi connectivity index (χ1v) is 7.54. The Morgan fingerprint density at radius 1 is 1.86 bits per heavy atom. The monoisotopic (exact) mass is 136 g/mol. The molecular weight excluding hydrogens is 126 g/mol. The first kappa shape index (κ1) is 7.72. The van der Waals surface area contributed by atoms with E-state index in [2.05, 4.69) is 0 Å². The summed E-state index contributed by atoms with van der Waals surface area (Å²) in [5, 5.41) is 0.935. The Morgan fingerprint density at radius 3 is 2.29 bits per heavy atom. The molecular formula is C3H10AlO2P. The third kappa shape index (κ3) is 6.72. The molecule has 2 nitrogen and oxygen atoms in total. The molecule has 0 aliphatic heterocycles. The molecule has 7 heavy (non-hydrogen) atoms. The Morgan fingerprint density at radius 2 is 2.29 bits per heavy atom. The average molecular weight is 136 g/mol. The van der Waals surface area contributed by atoms with E-state index in [4.69, 9.17) is 4.89 Å². The first-order valence-electron chi connectivity index (χ1n) is 2.35. The van der Waals surface area contributed by atoms with Crippen LogP contribution in [-0.4, -0.2) is 26.3 Å². The lowest BCUT2D eigenvalue weighted by atomic mass is 11.0. The standard InChI is InChI=1S/C2H5.CH3O2P.Al.H/c1-2;1-4(2)3;;/h1H2,2H3;1H3;;/q;;-1;/p+1. The van der Waals surface area contributed by atoms with E-state index in [-0.39, 0.29) is 0 Å². The smallest absolute Gasteiger partial charge is 0.358 e. The second-order valence-electron chi connectivity index (χ2n) is 1.77. The summed E-state index contributed by atoms with van der Waals surface area (Å²) >= 11 is -0.629. The summed E-state index contributed by atoms with van der Waals surface area (Å²) in [6.07, 6.45) is 0. The molecule has 1 N–H and O–H groups in total. The summed E-state index contributed by atoms with van der Waals surface area (Å²) in [7, 11) is 0. The Balaban J connectivity index is 3.36. The van der Waals surface area contributed by atoms with Gasteiger partial charge in [-0.1, -0.05) is 12.2 Å². The van der Waals surface area contributed by atoms with Crippen LogP contribution < -0.4 is 0 Å². The third-order valence-corrected chi connectivity index (χ3v) is 5.75. The number of rotatable bonds is 2. The fourth-order valence-corrected chi connectivity index (χ4v) is 3.73. The molecule has 0 saturated heterocycles. The van der Waals surface area contributed by atoms with Crippen molar-refractivity contribution >= 4 is 20.8 Å². The fraction of sp³-hybridized carbons (Fsp3) is 1.00. The van der Waals surface area contributed by atoms with Crippen molar-refractivity contribution in [1.29, 1.82) is 0 Å². The first-order chi connectivity index (χ1) is 3.06. The summed E-state index contributed by atoms with van der Waals surface area (Å²) in [5.74, 6) is 0. The molecule has 0 rings (SSSR count). The minimum Gasteiger partial charge on any atom is -0.358 e. The lowest BCUT2D eigenvalue weighted by Gasteiger charge is -1.96. The molecule has 42 valence electrons. The van der Waals surface area contributed by atoms with Crippen molar-refractivity contribution in [3.8, 4) is 0 Å². The molecule has 0 bridgehead atoms. The Bertz CT molecular complexity index is 86.9. The molecule has 1 atom stereocenters. The zero-order valence-electron chi connectivity index (χ0n) is 4.72. The van der Waals surface area contributed by atoms with Gasteiger partial charge in [-0.15, -0.1) is 0 Å². The van der Waals surface area contributed by atoms with Gasteiger partial charge in [0, 0.05) is 0 Å². The molecule has 0 heterocycles. The molecule has 0 aromatic rings. The van der Waals surface area contributed by atoms with Crippen LogP contribution >= 0.6 is 6.02 Å². The summed E-state index contributed by atoms with van der Waals surface area (Å²) in [6, 6.07) is -2.53. The number of hydrogen-bond donors (Lipinski definition) is 1. The molecule has 0 spiro atoms. The molecule has 0 fully saturated rings. The van der Waals surface area contributed by atoms with Gasteiger partial charge in [0.1, 0.15) is 6.02 Å². The maximum atomic E-state index is 10.4. The molecule has 0 aromatic carbocycles. The highest BCUT2D eigenvalue weighted by atomic mass is 31.4. The summed E-state index contributed by atoms with van der Waals surface area (Å²) < 4.78 is 10.4. The maximum Gasteiger partial charge on any atom is 0.380 e. The van der Waals surface area contributed by atoms with E-state index < -0.39 is 20.8 Å². The van der Waals surface area contributed by atoms with Crippen LogP contribution in [-0.2, 0) is 4.57 Å². The van der Waals surface area contributed by atoms with Crippen LogP contribution in [0.3, 0.4) is 0 Å². The van der Waals surface area contributed by atoms with Gasteiger partial charge in [-0.2, -0.15) is 0 Å². The van der Waals surface area contributed by atoms with Crippen LogP contribution in [0.4, 0.5) is 0 Å². The zero-order valence-corrected chi connectivity index (χ0v) is 7.03. The van der Waals surface area contributed by atoms with Crippen molar-refractivity contribution in [3.63, 3.8) is 0 Å². The minimum absolute atomic E-state index is 0.629. The van der Waals surface area contributed by atoms with E-state index in [0.717, 1.165) is 5.28 Å². The molecule has 1 unspecified atom stereocenters. The van der Waals surface area contributed by atoms with E-state index >= 15 is 0 Å². The minimum atomic E-state index is -2.53. The van der Waals surface area contributed by atoms with Crippen molar-refractivity contribution in [2.45, 2.75) is 12.2 Å². The van der Waals surface area contributed by atoms with Gasteiger partial charge in [0.25, 0.3) is 0 Å². The van der Waals surface area contributed by atoms with Gasteiger partial charge in [0.2, 0.25) is 0 Å². The molecule has 0 saturated carbocycles. The van der Waals surface area contributed by atoms with Crippen LogP contribution in [0.15, 0.2) is 0 Å². The topological polar surface area (TPSA) is 37.3 Å². The molecule has 0 radical (unpaired) electrons. The van der Waals surface area contributed by atoms with Crippen molar-refractivity contribution < 1.29 is 9.46 Å². The highest BCUT2D eigenvalue weighted by molar-refractivity contribution is 7.86. The van der Waals surface area contributed by atoms with E-state index in [1.54, 1.807) is 0 Å². The van der Waals surface area contributed by atoms with Gasteiger partial charge < -0.3 is 9.46 Å². The average Bonchev–Trinajstić information content (AvgIpc) is 1.30. The molecule has 0 aliphatic rings. The van der Waals surface area contributed by atoms with E-state index in [9.17, 15) is 4.57 Å². The summed E-state index contributed by atoms with van der Waals surface area (Å²) in [4.78, 5) is 8.63. The van der Waals surface area contributed by atoms with Crippen LogP contribution in [0.25, 0.3) is 0 Å². The van der Waals surface area contributed by atoms with Gasteiger partial charge in [-0.3, -0.25) is 0 Å². The highest BCUT2D eigenvalue weighted by Crippen LogP contribution is 2.32. The third-order valence-electron chi connectivity index (χ3n) is 0.639. The van der Waals surface area contributed by atoms with Crippen LogP contribution in [0, 0.1) is 0 Å². The predicted molar refractivity (Wildman–Crippen MR) is 33.4 cm³/mol. The van der Waals surface area contributed by atoms with Gasteiger partial charge in [-0.25, -0.2) is 0 Å². The Labute approximate surface area is 49.7 Å². The normalized spacial score (nSPS) is 18.1. The zero-order chi connectivity index (χ0) is 5.91. The van der Waals surface area contributed by atoms with Gasteiger partial charge in [-0.05, 0) is 6.66 Å². The van der Waals surface area contributed by atoms with E-state index in [1.807, 2.05) is 6.92 Å². The summed E-state index contributed by atoms with van der Waals surface area (Å²) in [6.45, 7) is 3.40. The SMILES string of the molecule is C[CH2][AlH][P](C)(=O)O. The largest absolute Gasteiger partial charge is 0.380 e. The highest BCUT2D eigenvalue weighted by Gasteiger charge is 2.09. The van der Waals surface area contributed by atoms with Crippen LogP contribution in [0.1, 0.15) is 6.92 Å². The molecule has 4 heteroatoms. The van der Waals surface area contributed by atoms with Gasteiger partial charge in [0.15, 0.2) is 0 Å². The fourth-order valence-electron chi connectivity index (χ4n) is 0.415. The van der Waals surface area contributed by atoms with Crippen LogP contribution in [0.5, 0.6) is 0 Å². The summed E-state index contributed by atoms with van der Waals surface area (Å²) in [5.41, 5.74) is 0. The lowest BCUT2D eigenvalue weighted by Crippen LogP contribution is -1.86. The van der Waals surface area contributed by atoms with E-state index in [1.165, 1.54) is 6.66 Å². The van der Waals surface area contributed by atoms with Crippen LogP contribution in [0.2, 0.25) is 5.28 Å². The Hall–Kier alpha value is 0.722. The molecule has 0 amide bonds. The van der Waals surface area contributed by atoms with Crippen molar-refractivity contribution in [1.82, 2.24) is 0 Å². The van der Waals surface area contributed by atoms with E-state index in [0.29, 0.717) is 0 Å². The van der Waals surface area contributed by atoms with Crippen molar-refractivity contribution in [3.05, 3.63) is 0 Å². The second-order valence-corrected chi connectivity index (χ2v) is 10.2. The number of hydrogen-bond acceptors (Lipinski definition) is 1. The predicted octanol–water partition coefficient (Wildman–Crippen LogP) is 0.676. The molecule has 0 aromatic heterocycles. The second kappa shape index (κ2) is 2.89. The quantitative estimate of drug-likeness (QED) is 0.447. The Kier molecular flexibility index (Phi) is 3.19. The molecule has 0 aliphatic carbocycles. The maximum absolute atomic E-state index is 10.4. The van der Waals surface area contributed by atoms with Crippen molar-refractivity contribution in [2.75, 3.05) is 6.66 Å².